The zero-order valence-electron chi connectivity index (χ0n) is 8.35. The molecule has 1 saturated heterocycles. The Kier molecular flexibility index (Phi) is 3.98. The molecule has 0 radical (unpaired) electrons. The summed E-state index contributed by atoms with van der Waals surface area (Å²) >= 11 is 0. The maximum absolute atomic E-state index is 3.49. The van der Waals surface area contributed by atoms with Gasteiger partial charge in [-0.2, -0.15) is 0 Å². The smallest absolute Gasteiger partial charge is 0.0592 e. The van der Waals surface area contributed by atoms with Crippen molar-refractivity contribution in [2.75, 3.05) is 0 Å². The van der Waals surface area contributed by atoms with Gasteiger partial charge in [-0.15, -0.1) is 0 Å². The molecule has 0 saturated carbocycles. The molecule has 0 unspecified atom stereocenters. The highest BCUT2D eigenvalue weighted by Crippen LogP contribution is 2.02. The standard InChI is InChI=1S/C9H21N3/c1-4-7-10-8(5-2)12-9(6-3)11-7/h7-12H,4-6H2,1-3H3. The van der Waals surface area contributed by atoms with Crippen molar-refractivity contribution in [2.24, 2.45) is 0 Å². The van der Waals surface area contributed by atoms with Crippen LogP contribution in [0.15, 0.2) is 0 Å². The van der Waals surface area contributed by atoms with Crippen LogP contribution >= 0.6 is 0 Å². The molecule has 1 heterocycles. The van der Waals surface area contributed by atoms with E-state index in [0.717, 1.165) is 19.3 Å². The summed E-state index contributed by atoms with van der Waals surface area (Å²) in [4.78, 5) is 0. The first-order valence-corrected chi connectivity index (χ1v) is 5.08. The van der Waals surface area contributed by atoms with Gasteiger partial charge in [0.1, 0.15) is 0 Å². The van der Waals surface area contributed by atoms with E-state index in [2.05, 4.69) is 36.7 Å². The van der Waals surface area contributed by atoms with Crippen LogP contribution in [0, 0.1) is 0 Å². The Morgan fingerprint density at radius 2 is 0.917 bits per heavy atom. The molecule has 12 heavy (non-hydrogen) atoms. The second-order valence-corrected chi connectivity index (χ2v) is 3.38. The van der Waals surface area contributed by atoms with Gasteiger partial charge < -0.3 is 0 Å². The number of rotatable bonds is 3. The fraction of sp³-hybridized carbons (Fsp3) is 1.00. The molecule has 0 aromatic rings. The molecule has 0 aliphatic carbocycles. The summed E-state index contributed by atoms with van der Waals surface area (Å²) in [7, 11) is 0. The Morgan fingerprint density at radius 3 is 1.08 bits per heavy atom. The Balaban J connectivity index is 2.41. The first kappa shape index (κ1) is 9.96. The van der Waals surface area contributed by atoms with Crippen molar-refractivity contribution in [1.82, 2.24) is 16.0 Å². The van der Waals surface area contributed by atoms with E-state index in [0.29, 0.717) is 18.5 Å². The molecule has 3 nitrogen and oxygen atoms in total. The third-order valence-corrected chi connectivity index (χ3v) is 2.43. The van der Waals surface area contributed by atoms with Gasteiger partial charge in [-0.1, -0.05) is 20.8 Å². The lowest BCUT2D eigenvalue weighted by Gasteiger charge is -2.38. The highest BCUT2D eigenvalue weighted by molar-refractivity contribution is 4.80. The van der Waals surface area contributed by atoms with Crippen molar-refractivity contribution in [2.45, 2.75) is 58.5 Å². The largest absolute Gasteiger partial charge is 0.286 e. The Hall–Kier alpha value is -0.120. The summed E-state index contributed by atoms with van der Waals surface area (Å²) in [6.07, 6.45) is 4.90. The molecule has 0 atom stereocenters. The molecule has 0 bridgehead atoms. The molecular weight excluding hydrogens is 150 g/mol. The van der Waals surface area contributed by atoms with Crippen LogP contribution in [0.25, 0.3) is 0 Å². The van der Waals surface area contributed by atoms with Gasteiger partial charge in [-0.05, 0) is 19.3 Å². The van der Waals surface area contributed by atoms with Crippen molar-refractivity contribution in [1.29, 1.82) is 0 Å². The number of hydrogen-bond acceptors (Lipinski definition) is 3. The molecule has 72 valence electrons. The molecule has 0 aromatic carbocycles. The van der Waals surface area contributed by atoms with Crippen molar-refractivity contribution in [3.8, 4) is 0 Å². The lowest BCUT2D eigenvalue weighted by molar-refractivity contribution is 0.188. The van der Waals surface area contributed by atoms with Gasteiger partial charge in [-0.3, -0.25) is 16.0 Å². The summed E-state index contributed by atoms with van der Waals surface area (Å²) in [5.74, 6) is 0. The minimum atomic E-state index is 0.487. The maximum atomic E-state index is 3.49. The maximum Gasteiger partial charge on any atom is 0.0592 e. The molecule has 1 aliphatic heterocycles. The van der Waals surface area contributed by atoms with Crippen LogP contribution in [0.3, 0.4) is 0 Å². The molecule has 1 rings (SSSR count). The highest BCUT2D eigenvalue weighted by Gasteiger charge is 2.22. The molecule has 3 N–H and O–H groups in total. The topological polar surface area (TPSA) is 36.1 Å². The summed E-state index contributed by atoms with van der Waals surface area (Å²) < 4.78 is 0. The van der Waals surface area contributed by atoms with Gasteiger partial charge in [0.2, 0.25) is 0 Å². The van der Waals surface area contributed by atoms with Gasteiger partial charge in [0.05, 0.1) is 18.5 Å². The normalized spacial score (nSPS) is 36.8. The third kappa shape index (κ3) is 2.44. The lowest BCUT2D eigenvalue weighted by Crippen LogP contribution is -2.66. The van der Waals surface area contributed by atoms with Crippen LogP contribution in [-0.2, 0) is 0 Å². The van der Waals surface area contributed by atoms with E-state index < -0.39 is 0 Å². The van der Waals surface area contributed by atoms with Crippen molar-refractivity contribution in [3.63, 3.8) is 0 Å². The lowest BCUT2D eigenvalue weighted by atomic mass is 10.2. The Bertz CT molecular complexity index is 97.2. The second-order valence-electron chi connectivity index (χ2n) is 3.38. The Morgan fingerprint density at radius 1 is 0.667 bits per heavy atom. The minimum Gasteiger partial charge on any atom is -0.286 e. The van der Waals surface area contributed by atoms with Crippen LogP contribution in [-0.4, -0.2) is 18.5 Å². The van der Waals surface area contributed by atoms with Crippen molar-refractivity contribution in [3.05, 3.63) is 0 Å². The van der Waals surface area contributed by atoms with E-state index in [-0.39, 0.29) is 0 Å². The molecular formula is C9H21N3. The zero-order valence-corrected chi connectivity index (χ0v) is 8.35. The van der Waals surface area contributed by atoms with Crippen molar-refractivity contribution < 1.29 is 0 Å². The molecule has 0 aromatic heterocycles. The fourth-order valence-corrected chi connectivity index (χ4v) is 1.58. The predicted octanol–water partition coefficient (Wildman–Crippen LogP) is 0.977. The highest BCUT2D eigenvalue weighted by atomic mass is 15.3. The quantitative estimate of drug-likeness (QED) is 0.592. The van der Waals surface area contributed by atoms with Crippen LogP contribution in [0.5, 0.6) is 0 Å². The van der Waals surface area contributed by atoms with Crippen LogP contribution in [0.2, 0.25) is 0 Å². The summed E-state index contributed by atoms with van der Waals surface area (Å²) in [6.45, 7) is 6.61. The molecule has 1 aliphatic rings. The van der Waals surface area contributed by atoms with E-state index in [1.165, 1.54) is 0 Å². The van der Waals surface area contributed by atoms with E-state index in [1.54, 1.807) is 0 Å². The van der Waals surface area contributed by atoms with Crippen LogP contribution in [0.4, 0.5) is 0 Å². The Labute approximate surface area is 75.3 Å². The monoisotopic (exact) mass is 171 g/mol. The van der Waals surface area contributed by atoms with Gasteiger partial charge in [0.15, 0.2) is 0 Å². The van der Waals surface area contributed by atoms with E-state index in [9.17, 15) is 0 Å². The van der Waals surface area contributed by atoms with E-state index >= 15 is 0 Å². The number of hydrogen-bond donors (Lipinski definition) is 3. The van der Waals surface area contributed by atoms with Gasteiger partial charge in [-0.25, -0.2) is 0 Å². The second kappa shape index (κ2) is 4.80. The fourth-order valence-electron chi connectivity index (χ4n) is 1.58. The van der Waals surface area contributed by atoms with Gasteiger partial charge >= 0.3 is 0 Å². The molecule has 0 amide bonds. The first-order valence-electron chi connectivity index (χ1n) is 5.08. The average molecular weight is 171 g/mol. The first-order chi connectivity index (χ1) is 5.80. The van der Waals surface area contributed by atoms with Gasteiger partial charge in [0, 0.05) is 0 Å². The minimum absolute atomic E-state index is 0.487. The third-order valence-electron chi connectivity index (χ3n) is 2.43. The summed E-state index contributed by atoms with van der Waals surface area (Å²) in [5.41, 5.74) is 0. The van der Waals surface area contributed by atoms with E-state index in [4.69, 9.17) is 0 Å². The van der Waals surface area contributed by atoms with Crippen LogP contribution in [0.1, 0.15) is 40.0 Å². The van der Waals surface area contributed by atoms with Crippen LogP contribution < -0.4 is 16.0 Å². The number of nitrogens with one attached hydrogen (secondary N) is 3. The molecule has 3 heteroatoms. The van der Waals surface area contributed by atoms with Gasteiger partial charge in [0.25, 0.3) is 0 Å². The summed E-state index contributed by atoms with van der Waals surface area (Å²) in [5, 5.41) is 10.5. The zero-order chi connectivity index (χ0) is 8.97. The predicted molar refractivity (Wildman–Crippen MR) is 51.6 cm³/mol. The van der Waals surface area contributed by atoms with E-state index in [1.807, 2.05) is 0 Å². The van der Waals surface area contributed by atoms with Crippen molar-refractivity contribution >= 4 is 0 Å². The molecule has 0 spiro atoms. The molecule has 1 fully saturated rings. The average Bonchev–Trinajstić information content (AvgIpc) is 2.16. The summed E-state index contributed by atoms with van der Waals surface area (Å²) in [6, 6.07) is 0. The SMILES string of the molecule is CCC1NC(CC)NC(CC)N1.